The van der Waals surface area contributed by atoms with Gasteiger partial charge in [-0.2, -0.15) is 0 Å². The summed E-state index contributed by atoms with van der Waals surface area (Å²) >= 11 is 0. The van der Waals surface area contributed by atoms with E-state index in [9.17, 15) is 4.79 Å². The lowest BCUT2D eigenvalue weighted by Gasteiger charge is -2.33. The molecule has 1 amide bonds. The van der Waals surface area contributed by atoms with Crippen LogP contribution in [0.15, 0.2) is 30.3 Å². The highest BCUT2D eigenvalue weighted by atomic mass is 16.1. The third-order valence-electron chi connectivity index (χ3n) is 4.87. The Bertz CT molecular complexity index is 461. The number of piperidine rings is 1. The average molecular weight is 286 g/mol. The van der Waals surface area contributed by atoms with Gasteiger partial charge in [0.1, 0.15) is 0 Å². The molecule has 1 N–H and O–H groups in total. The number of carbonyl (C=O) groups is 1. The Labute approximate surface area is 127 Å². The maximum absolute atomic E-state index is 12.5. The van der Waals surface area contributed by atoms with Gasteiger partial charge in [0.2, 0.25) is 5.91 Å². The molecule has 3 heteroatoms. The van der Waals surface area contributed by atoms with Crippen LogP contribution in [-0.2, 0) is 4.79 Å². The number of benzene rings is 1. The summed E-state index contributed by atoms with van der Waals surface area (Å²) in [5.41, 5.74) is 1.13. The van der Waals surface area contributed by atoms with Crippen molar-refractivity contribution in [1.29, 1.82) is 0 Å². The van der Waals surface area contributed by atoms with E-state index in [1.165, 1.54) is 12.8 Å². The highest BCUT2D eigenvalue weighted by Gasteiger charge is 2.32. The van der Waals surface area contributed by atoms with Crippen molar-refractivity contribution in [2.45, 2.75) is 57.0 Å². The predicted octanol–water partition coefficient (Wildman–Crippen LogP) is 2.92. The van der Waals surface area contributed by atoms with Crippen molar-refractivity contribution >= 4 is 5.91 Å². The standard InChI is InChI=1S/C18H26N2O/c1-2-17(14-6-4-3-5-7-14)18(21)19-15-10-12-20(13-11-15)16-8-9-16/h3-7,15-17H,2,8-13H2,1H3,(H,19,21). The molecule has 3 rings (SSSR count). The zero-order chi connectivity index (χ0) is 14.7. The highest BCUT2D eigenvalue weighted by molar-refractivity contribution is 5.83. The normalized spacial score (nSPS) is 22.0. The fraction of sp³-hybridized carbons (Fsp3) is 0.611. The fourth-order valence-corrected chi connectivity index (χ4v) is 3.41. The smallest absolute Gasteiger partial charge is 0.227 e. The molecule has 1 aliphatic heterocycles. The van der Waals surface area contributed by atoms with E-state index >= 15 is 0 Å². The second-order valence-corrected chi connectivity index (χ2v) is 6.42. The van der Waals surface area contributed by atoms with Crippen molar-refractivity contribution in [1.82, 2.24) is 10.2 Å². The van der Waals surface area contributed by atoms with E-state index in [0.29, 0.717) is 6.04 Å². The van der Waals surface area contributed by atoms with Gasteiger partial charge in [0.15, 0.2) is 0 Å². The van der Waals surface area contributed by atoms with Crippen molar-refractivity contribution in [2.24, 2.45) is 0 Å². The van der Waals surface area contributed by atoms with Gasteiger partial charge in [-0.3, -0.25) is 4.79 Å². The lowest BCUT2D eigenvalue weighted by molar-refractivity contribution is -0.123. The molecule has 1 aromatic rings. The molecule has 2 aliphatic rings. The van der Waals surface area contributed by atoms with Crippen molar-refractivity contribution in [2.75, 3.05) is 13.1 Å². The Kier molecular flexibility index (Phi) is 4.59. The summed E-state index contributed by atoms with van der Waals surface area (Å²) in [6, 6.07) is 11.4. The topological polar surface area (TPSA) is 32.3 Å². The fourth-order valence-electron chi connectivity index (χ4n) is 3.41. The maximum atomic E-state index is 12.5. The molecule has 1 atom stereocenters. The molecular weight excluding hydrogens is 260 g/mol. The van der Waals surface area contributed by atoms with Crippen LogP contribution >= 0.6 is 0 Å². The van der Waals surface area contributed by atoms with Crippen LogP contribution in [0.1, 0.15) is 50.5 Å². The van der Waals surface area contributed by atoms with Gasteiger partial charge in [-0.1, -0.05) is 37.3 Å². The molecule has 1 unspecified atom stereocenters. The van der Waals surface area contributed by atoms with Crippen LogP contribution in [0.2, 0.25) is 0 Å². The third-order valence-corrected chi connectivity index (χ3v) is 4.87. The third kappa shape index (κ3) is 3.65. The molecule has 1 saturated heterocycles. The van der Waals surface area contributed by atoms with Gasteiger partial charge in [0, 0.05) is 25.2 Å². The van der Waals surface area contributed by atoms with Crippen LogP contribution in [0.3, 0.4) is 0 Å². The van der Waals surface area contributed by atoms with Crippen LogP contribution in [0.25, 0.3) is 0 Å². The van der Waals surface area contributed by atoms with Crippen LogP contribution < -0.4 is 5.32 Å². The summed E-state index contributed by atoms with van der Waals surface area (Å²) in [7, 11) is 0. The summed E-state index contributed by atoms with van der Waals surface area (Å²) in [6.45, 7) is 4.39. The van der Waals surface area contributed by atoms with E-state index in [2.05, 4.69) is 29.3 Å². The molecule has 0 bridgehead atoms. The van der Waals surface area contributed by atoms with Crippen LogP contribution in [0, 0.1) is 0 Å². The molecule has 2 fully saturated rings. The van der Waals surface area contributed by atoms with Crippen molar-refractivity contribution in [3.63, 3.8) is 0 Å². The maximum Gasteiger partial charge on any atom is 0.227 e. The Morgan fingerprint density at radius 1 is 1.19 bits per heavy atom. The summed E-state index contributed by atoms with van der Waals surface area (Å²) in [5.74, 6) is 0.196. The molecule has 0 spiro atoms. The summed E-state index contributed by atoms with van der Waals surface area (Å²) in [4.78, 5) is 15.1. The lowest BCUT2D eigenvalue weighted by Crippen LogP contribution is -2.46. The second kappa shape index (κ2) is 6.61. The van der Waals surface area contributed by atoms with Gasteiger partial charge < -0.3 is 10.2 Å². The largest absolute Gasteiger partial charge is 0.353 e. The molecule has 114 valence electrons. The number of hydrogen-bond acceptors (Lipinski definition) is 2. The zero-order valence-corrected chi connectivity index (χ0v) is 12.9. The van der Waals surface area contributed by atoms with Gasteiger partial charge in [-0.15, -0.1) is 0 Å². The lowest BCUT2D eigenvalue weighted by atomic mass is 9.94. The first-order valence-electron chi connectivity index (χ1n) is 8.37. The van der Waals surface area contributed by atoms with Gasteiger partial charge in [0.05, 0.1) is 5.92 Å². The molecule has 1 aromatic carbocycles. The number of likely N-dealkylation sites (tertiary alicyclic amines) is 1. The van der Waals surface area contributed by atoms with E-state index < -0.39 is 0 Å². The number of rotatable bonds is 5. The first-order chi connectivity index (χ1) is 10.3. The molecule has 21 heavy (non-hydrogen) atoms. The van der Waals surface area contributed by atoms with Gasteiger partial charge in [-0.25, -0.2) is 0 Å². The highest BCUT2D eigenvalue weighted by Crippen LogP contribution is 2.29. The van der Waals surface area contributed by atoms with E-state index in [1.807, 2.05) is 18.2 Å². The van der Waals surface area contributed by atoms with Crippen LogP contribution in [0.4, 0.5) is 0 Å². The number of amides is 1. The van der Waals surface area contributed by atoms with E-state index in [1.54, 1.807) is 0 Å². The quantitative estimate of drug-likeness (QED) is 0.902. The molecule has 3 nitrogen and oxygen atoms in total. The summed E-state index contributed by atoms with van der Waals surface area (Å²) in [6.07, 6.45) is 5.82. The predicted molar refractivity (Wildman–Crippen MR) is 85.2 cm³/mol. The minimum atomic E-state index is -0.00679. The number of hydrogen-bond donors (Lipinski definition) is 1. The Morgan fingerprint density at radius 3 is 2.43 bits per heavy atom. The van der Waals surface area contributed by atoms with Crippen molar-refractivity contribution < 1.29 is 4.79 Å². The number of nitrogens with one attached hydrogen (secondary N) is 1. The first-order valence-corrected chi connectivity index (χ1v) is 8.37. The van der Waals surface area contributed by atoms with Crippen LogP contribution in [-0.4, -0.2) is 36.0 Å². The average Bonchev–Trinajstić information content (AvgIpc) is 3.35. The molecule has 0 aromatic heterocycles. The number of carbonyl (C=O) groups excluding carboxylic acids is 1. The Hall–Kier alpha value is -1.35. The Morgan fingerprint density at radius 2 is 1.86 bits per heavy atom. The number of nitrogens with zero attached hydrogens (tertiary/aromatic N) is 1. The molecule has 1 aliphatic carbocycles. The monoisotopic (exact) mass is 286 g/mol. The summed E-state index contributed by atoms with van der Waals surface area (Å²) < 4.78 is 0. The molecular formula is C18H26N2O. The first kappa shape index (κ1) is 14.6. The van der Waals surface area contributed by atoms with Gasteiger partial charge in [0.25, 0.3) is 0 Å². The van der Waals surface area contributed by atoms with Gasteiger partial charge in [-0.05, 0) is 37.7 Å². The Balaban J connectivity index is 1.53. The van der Waals surface area contributed by atoms with Crippen molar-refractivity contribution in [3.8, 4) is 0 Å². The summed E-state index contributed by atoms with van der Waals surface area (Å²) in [5, 5.41) is 3.28. The van der Waals surface area contributed by atoms with Gasteiger partial charge >= 0.3 is 0 Å². The molecule has 0 radical (unpaired) electrons. The van der Waals surface area contributed by atoms with E-state index in [0.717, 1.165) is 44.0 Å². The minimum absolute atomic E-state index is 0.00679. The minimum Gasteiger partial charge on any atom is -0.353 e. The molecule has 1 heterocycles. The molecule has 1 saturated carbocycles. The SMILES string of the molecule is CCC(C(=O)NC1CCN(C2CC2)CC1)c1ccccc1. The van der Waals surface area contributed by atoms with Crippen molar-refractivity contribution in [3.05, 3.63) is 35.9 Å². The van der Waals surface area contributed by atoms with Crippen LogP contribution in [0.5, 0.6) is 0 Å². The van der Waals surface area contributed by atoms with E-state index in [-0.39, 0.29) is 11.8 Å². The van der Waals surface area contributed by atoms with E-state index in [4.69, 9.17) is 0 Å². The second-order valence-electron chi connectivity index (χ2n) is 6.42. The zero-order valence-electron chi connectivity index (χ0n) is 12.9.